The molecule has 12 nitrogen and oxygen atoms in total. The van der Waals surface area contributed by atoms with E-state index in [4.69, 9.17) is 24.4 Å². The van der Waals surface area contributed by atoms with Gasteiger partial charge in [-0.2, -0.15) is 4.57 Å². The molecular weight excluding hydrogens is 500 g/mol. The number of amides is 1. The van der Waals surface area contributed by atoms with Gasteiger partial charge in [-0.1, -0.05) is 18.2 Å². The highest BCUT2D eigenvalue weighted by molar-refractivity contribution is 7.71. The molecule has 14 heteroatoms. The number of hydrogen-bond donors (Lipinski definition) is 5. The molecule has 0 bridgehead atoms. The summed E-state index contributed by atoms with van der Waals surface area (Å²) in [6, 6.07) is 13.3. The normalized spacial score (nSPS) is 15.5. The monoisotopic (exact) mass is 527 g/mol. The SMILES string of the molecule is CC[n+]1c2ccccc2nc2c(OCCCC(=O)NCCC(O)(P(=O)([O-])O)P(=O)(O)O)cccc21. The van der Waals surface area contributed by atoms with Crippen molar-refractivity contribution < 1.29 is 47.9 Å². The molecule has 0 spiro atoms. The van der Waals surface area contributed by atoms with E-state index in [1.165, 1.54) is 0 Å². The Morgan fingerprint density at radius 3 is 2.49 bits per heavy atom. The molecular formula is C21H27N3O9P2. The first kappa shape index (κ1) is 27.2. The van der Waals surface area contributed by atoms with Crippen molar-refractivity contribution in [1.29, 1.82) is 0 Å². The van der Waals surface area contributed by atoms with Crippen LogP contribution in [0.2, 0.25) is 0 Å². The molecule has 1 aromatic heterocycles. The van der Waals surface area contributed by atoms with E-state index in [1.54, 1.807) is 6.07 Å². The Balaban J connectivity index is 1.58. The number of aryl methyl sites for hydroxylation is 1. The average molecular weight is 527 g/mol. The van der Waals surface area contributed by atoms with Crippen LogP contribution in [0.5, 0.6) is 5.75 Å². The van der Waals surface area contributed by atoms with E-state index in [1.807, 2.05) is 43.3 Å². The minimum Gasteiger partial charge on any atom is -0.776 e. The average Bonchev–Trinajstić information content (AvgIpc) is 2.78. The van der Waals surface area contributed by atoms with E-state index in [2.05, 4.69) is 9.88 Å². The van der Waals surface area contributed by atoms with E-state index in [9.17, 15) is 23.9 Å². The minimum absolute atomic E-state index is 0.0292. The third-order valence-electron chi connectivity index (χ3n) is 5.50. The maximum absolute atomic E-state index is 12.0. The predicted molar refractivity (Wildman–Crippen MR) is 124 cm³/mol. The van der Waals surface area contributed by atoms with Crippen LogP contribution in [-0.2, 0) is 20.5 Å². The molecule has 2 atom stereocenters. The molecule has 5 N–H and O–H groups in total. The van der Waals surface area contributed by atoms with Gasteiger partial charge >= 0.3 is 7.60 Å². The molecule has 35 heavy (non-hydrogen) atoms. The number of nitrogens with zero attached hydrogens (tertiary/aromatic N) is 2. The zero-order valence-electron chi connectivity index (χ0n) is 18.9. The van der Waals surface area contributed by atoms with E-state index in [0.717, 1.165) is 23.1 Å². The summed E-state index contributed by atoms with van der Waals surface area (Å²) in [5.41, 5.74) is 3.40. The van der Waals surface area contributed by atoms with Crippen molar-refractivity contribution in [2.24, 2.45) is 0 Å². The highest BCUT2D eigenvalue weighted by Gasteiger charge is 2.53. The maximum Gasteiger partial charge on any atom is 0.365 e. The lowest BCUT2D eigenvalue weighted by Crippen LogP contribution is -2.38. The zero-order valence-corrected chi connectivity index (χ0v) is 20.7. The molecule has 1 heterocycles. The summed E-state index contributed by atoms with van der Waals surface area (Å²) >= 11 is 0. The summed E-state index contributed by atoms with van der Waals surface area (Å²) < 4.78 is 30.5. The van der Waals surface area contributed by atoms with E-state index < -0.39 is 39.1 Å². The van der Waals surface area contributed by atoms with E-state index in [0.29, 0.717) is 11.3 Å². The number of aromatic nitrogens is 2. The summed E-state index contributed by atoms with van der Waals surface area (Å²) in [7, 11) is -11.4. The summed E-state index contributed by atoms with van der Waals surface area (Å²) in [4.78, 5) is 55.1. The van der Waals surface area contributed by atoms with E-state index in [-0.39, 0.29) is 19.4 Å². The van der Waals surface area contributed by atoms with Crippen LogP contribution in [0, 0.1) is 0 Å². The van der Waals surface area contributed by atoms with Gasteiger partial charge in [0, 0.05) is 31.5 Å². The molecule has 0 aliphatic rings. The molecule has 190 valence electrons. The molecule has 2 aromatic carbocycles. The van der Waals surface area contributed by atoms with Gasteiger partial charge in [-0.25, -0.2) is 4.98 Å². The fraction of sp³-hybridized carbons (Fsp3) is 0.381. The Kier molecular flexibility index (Phi) is 8.28. The van der Waals surface area contributed by atoms with Crippen LogP contribution in [0.4, 0.5) is 0 Å². The predicted octanol–water partition coefficient (Wildman–Crippen LogP) is 0.730. The van der Waals surface area contributed by atoms with Gasteiger partial charge in [0.15, 0.2) is 18.9 Å². The second-order valence-corrected chi connectivity index (χ2v) is 11.8. The highest BCUT2D eigenvalue weighted by atomic mass is 31.2. The van der Waals surface area contributed by atoms with Crippen LogP contribution >= 0.6 is 15.2 Å². The Hall–Kier alpha value is -2.43. The quantitative estimate of drug-likeness (QED) is 0.103. The first-order valence-corrected chi connectivity index (χ1v) is 14.0. The second-order valence-electron chi connectivity index (χ2n) is 7.86. The Labute approximate surface area is 200 Å². The number of para-hydroxylation sites is 3. The number of carbonyl (C=O) groups is 1. The molecule has 0 saturated carbocycles. The number of ether oxygens (including phenoxy) is 1. The number of nitrogens with one attached hydrogen (secondary N) is 1. The van der Waals surface area contributed by atoms with Crippen LogP contribution in [-0.4, -0.2) is 48.9 Å². The van der Waals surface area contributed by atoms with Crippen molar-refractivity contribution in [2.45, 2.75) is 37.8 Å². The van der Waals surface area contributed by atoms with Crippen molar-refractivity contribution >= 4 is 43.2 Å². The fourth-order valence-corrected chi connectivity index (χ4v) is 5.77. The van der Waals surface area contributed by atoms with Gasteiger partial charge in [0.25, 0.3) is 0 Å². The first-order valence-electron chi connectivity index (χ1n) is 10.8. The van der Waals surface area contributed by atoms with Crippen LogP contribution in [0.1, 0.15) is 26.2 Å². The third kappa shape index (κ3) is 5.87. The lowest BCUT2D eigenvalue weighted by Gasteiger charge is -2.36. The van der Waals surface area contributed by atoms with Crippen molar-refractivity contribution in [3.05, 3.63) is 42.5 Å². The summed E-state index contributed by atoms with van der Waals surface area (Å²) in [5, 5.41) is 8.35. The highest BCUT2D eigenvalue weighted by Crippen LogP contribution is 2.66. The van der Waals surface area contributed by atoms with Gasteiger partial charge in [0.1, 0.15) is 12.1 Å². The van der Waals surface area contributed by atoms with Crippen molar-refractivity contribution in [2.75, 3.05) is 13.2 Å². The van der Waals surface area contributed by atoms with Crippen molar-refractivity contribution in [1.82, 2.24) is 10.3 Å². The standard InChI is InChI=1S/C21H27N3O9P2/c1-2-24-16-8-4-3-7-15(16)23-20-17(24)9-5-10-18(20)33-14-6-11-19(25)22-13-12-21(26,34(27,28)29)35(30,31)32/h3-5,7-10,26H,2,6,11-14H2,1H3,(H4-,22,25,27,28,29,30,31,32). The second kappa shape index (κ2) is 10.7. The van der Waals surface area contributed by atoms with Gasteiger partial charge in [-0.15, -0.1) is 0 Å². The maximum atomic E-state index is 12.0. The summed E-state index contributed by atoms with van der Waals surface area (Å²) in [5.74, 6) is 0.00269. The molecule has 2 unspecified atom stereocenters. The molecule has 3 aromatic rings. The largest absolute Gasteiger partial charge is 0.776 e. The summed E-state index contributed by atoms with van der Waals surface area (Å²) in [6.07, 6.45) is -0.825. The lowest BCUT2D eigenvalue weighted by atomic mass is 10.2. The zero-order chi connectivity index (χ0) is 25.9. The van der Waals surface area contributed by atoms with Gasteiger partial charge in [-0.05, 0) is 25.5 Å². The number of hydrogen-bond acceptors (Lipinski definition) is 7. The van der Waals surface area contributed by atoms with Gasteiger partial charge in [-0.3, -0.25) is 9.36 Å². The summed E-state index contributed by atoms with van der Waals surface area (Å²) in [6.45, 7) is 2.37. The van der Waals surface area contributed by atoms with Crippen LogP contribution < -0.4 is 19.5 Å². The molecule has 0 radical (unpaired) electrons. The Bertz CT molecular complexity index is 1300. The molecule has 0 saturated heterocycles. The number of aliphatic hydroxyl groups is 1. The smallest absolute Gasteiger partial charge is 0.365 e. The van der Waals surface area contributed by atoms with Gasteiger partial charge < -0.3 is 39.3 Å². The number of carbonyl (C=O) groups excluding carboxylic acids is 1. The lowest BCUT2D eigenvalue weighted by molar-refractivity contribution is -0.641. The molecule has 0 fully saturated rings. The molecule has 0 aliphatic heterocycles. The van der Waals surface area contributed by atoms with Crippen LogP contribution in [0.3, 0.4) is 0 Å². The molecule has 0 aliphatic carbocycles. The Morgan fingerprint density at radius 1 is 1.14 bits per heavy atom. The number of benzene rings is 2. The van der Waals surface area contributed by atoms with Gasteiger partial charge in [0.2, 0.25) is 22.0 Å². The molecule has 1 amide bonds. The minimum atomic E-state index is -5.81. The first-order chi connectivity index (χ1) is 16.4. The Morgan fingerprint density at radius 2 is 1.83 bits per heavy atom. The van der Waals surface area contributed by atoms with E-state index >= 15 is 0 Å². The molecule has 3 rings (SSSR count). The van der Waals surface area contributed by atoms with Crippen LogP contribution in [0.25, 0.3) is 22.1 Å². The topological polar surface area (TPSA) is 193 Å². The van der Waals surface area contributed by atoms with Crippen molar-refractivity contribution in [3.63, 3.8) is 0 Å². The van der Waals surface area contributed by atoms with Crippen molar-refractivity contribution in [3.8, 4) is 5.75 Å². The fourth-order valence-electron chi connectivity index (χ4n) is 3.66. The van der Waals surface area contributed by atoms with Gasteiger partial charge in [0.05, 0.1) is 6.61 Å². The number of rotatable bonds is 11. The van der Waals surface area contributed by atoms with Crippen LogP contribution in [0.15, 0.2) is 42.5 Å². The number of fused-ring (bicyclic) bond motifs is 2. The third-order valence-corrected chi connectivity index (χ3v) is 9.32.